The summed E-state index contributed by atoms with van der Waals surface area (Å²) in [5, 5.41) is 0. The van der Waals surface area contributed by atoms with Crippen molar-refractivity contribution >= 4 is 11.6 Å². The Labute approximate surface area is 107 Å². The number of anilines is 1. The fraction of sp³-hybridized carbons (Fsp3) is 0.357. The molecule has 4 heteroatoms. The van der Waals surface area contributed by atoms with Crippen molar-refractivity contribution in [1.82, 2.24) is 4.90 Å². The van der Waals surface area contributed by atoms with Gasteiger partial charge in [-0.1, -0.05) is 11.6 Å². The second kappa shape index (κ2) is 5.12. The number of rotatable bonds is 2. The van der Waals surface area contributed by atoms with E-state index in [1.807, 2.05) is 11.8 Å². The third kappa shape index (κ3) is 2.47. The summed E-state index contributed by atoms with van der Waals surface area (Å²) in [5.41, 5.74) is 8.16. The van der Waals surface area contributed by atoms with Crippen LogP contribution in [0.4, 0.5) is 5.69 Å². The molecule has 1 aliphatic rings. The van der Waals surface area contributed by atoms with Gasteiger partial charge < -0.3 is 15.4 Å². The largest absolute Gasteiger partial charge is 0.495 e. The van der Waals surface area contributed by atoms with Gasteiger partial charge in [-0.25, -0.2) is 0 Å². The molecule has 0 radical (unpaired) electrons. The van der Waals surface area contributed by atoms with E-state index in [0.29, 0.717) is 23.5 Å². The first-order valence-corrected chi connectivity index (χ1v) is 6.00. The quantitative estimate of drug-likeness (QED) is 0.642. The van der Waals surface area contributed by atoms with E-state index in [-0.39, 0.29) is 5.91 Å². The van der Waals surface area contributed by atoms with Gasteiger partial charge in [-0.05, 0) is 31.5 Å². The van der Waals surface area contributed by atoms with Gasteiger partial charge in [0.05, 0.1) is 12.8 Å². The lowest BCUT2D eigenvalue weighted by atomic mass is 10.1. The Bertz CT molecular complexity index is 495. The van der Waals surface area contributed by atoms with Gasteiger partial charge in [0.15, 0.2) is 0 Å². The van der Waals surface area contributed by atoms with E-state index in [1.165, 1.54) is 5.57 Å². The molecule has 0 fully saturated rings. The van der Waals surface area contributed by atoms with E-state index < -0.39 is 0 Å². The van der Waals surface area contributed by atoms with Crippen molar-refractivity contribution in [1.29, 1.82) is 0 Å². The molecular weight excluding hydrogens is 228 g/mol. The highest BCUT2D eigenvalue weighted by Gasteiger charge is 2.18. The van der Waals surface area contributed by atoms with Crippen LogP contribution in [0.5, 0.6) is 5.75 Å². The molecule has 0 aromatic heterocycles. The SMILES string of the molecule is COc1ccc(C(=O)N2CCC=C(C)C2)cc1N. The van der Waals surface area contributed by atoms with Crippen LogP contribution in [0.25, 0.3) is 0 Å². The molecule has 1 amide bonds. The molecule has 1 heterocycles. The number of carbonyl (C=O) groups excluding carboxylic acids is 1. The molecule has 0 unspecified atom stereocenters. The van der Waals surface area contributed by atoms with Crippen molar-refractivity contribution in [2.45, 2.75) is 13.3 Å². The smallest absolute Gasteiger partial charge is 0.254 e. The number of nitrogens with two attached hydrogens (primary N) is 1. The zero-order valence-corrected chi connectivity index (χ0v) is 10.8. The number of methoxy groups -OCH3 is 1. The first-order chi connectivity index (χ1) is 8.61. The number of hydrogen-bond acceptors (Lipinski definition) is 3. The summed E-state index contributed by atoms with van der Waals surface area (Å²) in [6.45, 7) is 3.51. The third-order valence-corrected chi connectivity index (χ3v) is 3.10. The van der Waals surface area contributed by atoms with Crippen molar-refractivity contribution in [2.24, 2.45) is 0 Å². The van der Waals surface area contributed by atoms with Gasteiger partial charge >= 0.3 is 0 Å². The number of carbonyl (C=O) groups is 1. The lowest BCUT2D eigenvalue weighted by Crippen LogP contribution is -2.35. The van der Waals surface area contributed by atoms with Crippen LogP contribution in [-0.4, -0.2) is 31.0 Å². The highest BCUT2D eigenvalue weighted by Crippen LogP contribution is 2.23. The monoisotopic (exact) mass is 246 g/mol. The van der Waals surface area contributed by atoms with Crippen LogP contribution < -0.4 is 10.5 Å². The Balaban J connectivity index is 2.19. The summed E-state index contributed by atoms with van der Waals surface area (Å²) in [7, 11) is 1.56. The van der Waals surface area contributed by atoms with Crippen LogP contribution in [0.2, 0.25) is 0 Å². The fourth-order valence-electron chi connectivity index (χ4n) is 2.13. The normalized spacial score (nSPS) is 15.2. The molecule has 1 aromatic carbocycles. The Kier molecular flexibility index (Phi) is 3.55. The maximum atomic E-state index is 12.3. The van der Waals surface area contributed by atoms with E-state index in [0.717, 1.165) is 13.0 Å². The summed E-state index contributed by atoms with van der Waals surface area (Å²) in [5.74, 6) is 0.623. The average molecular weight is 246 g/mol. The van der Waals surface area contributed by atoms with Gasteiger partial charge in [-0.15, -0.1) is 0 Å². The van der Waals surface area contributed by atoms with Crippen LogP contribution in [0.3, 0.4) is 0 Å². The standard InChI is InChI=1S/C14H18N2O2/c1-10-4-3-7-16(9-10)14(17)11-5-6-13(18-2)12(15)8-11/h4-6,8H,3,7,9,15H2,1-2H3. The van der Waals surface area contributed by atoms with E-state index in [9.17, 15) is 4.79 Å². The molecule has 2 N–H and O–H groups in total. The molecule has 1 aromatic rings. The number of ether oxygens (including phenoxy) is 1. The molecule has 0 saturated heterocycles. The Morgan fingerprint density at radius 1 is 1.44 bits per heavy atom. The topological polar surface area (TPSA) is 55.6 Å². The van der Waals surface area contributed by atoms with Crippen LogP contribution in [-0.2, 0) is 0 Å². The lowest BCUT2D eigenvalue weighted by Gasteiger charge is -2.26. The number of hydrogen-bond donors (Lipinski definition) is 1. The maximum Gasteiger partial charge on any atom is 0.254 e. The first kappa shape index (κ1) is 12.5. The molecule has 1 aliphatic heterocycles. The Morgan fingerprint density at radius 2 is 2.22 bits per heavy atom. The molecule has 0 atom stereocenters. The highest BCUT2D eigenvalue weighted by atomic mass is 16.5. The van der Waals surface area contributed by atoms with Crippen LogP contribution in [0, 0.1) is 0 Å². The van der Waals surface area contributed by atoms with Crippen LogP contribution in [0.1, 0.15) is 23.7 Å². The van der Waals surface area contributed by atoms with Gasteiger partial charge in [0.25, 0.3) is 5.91 Å². The zero-order valence-electron chi connectivity index (χ0n) is 10.8. The lowest BCUT2D eigenvalue weighted by molar-refractivity contribution is 0.0766. The minimum atomic E-state index is 0.0248. The van der Waals surface area contributed by atoms with Gasteiger partial charge in [0, 0.05) is 18.7 Å². The van der Waals surface area contributed by atoms with Crippen molar-refractivity contribution in [3.8, 4) is 5.75 Å². The van der Waals surface area contributed by atoms with E-state index in [1.54, 1.807) is 25.3 Å². The van der Waals surface area contributed by atoms with Gasteiger partial charge in [0.2, 0.25) is 0 Å². The molecule has 4 nitrogen and oxygen atoms in total. The van der Waals surface area contributed by atoms with Gasteiger partial charge in [0.1, 0.15) is 5.75 Å². The fourth-order valence-corrected chi connectivity index (χ4v) is 2.13. The molecule has 96 valence electrons. The van der Waals surface area contributed by atoms with Gasteiger partial charge in [-0.2, -0.15) is 0 Å². The molecule has 0 spiro atoms. The van der Waals surface area contributed by atoms with Crippen molar-refractivity contribution in [3.05, 3.63) is 35.4 Å². The number of nitrogen functional groups attached to an aromatic ring is 1. The minimum absolute atomic E-state index is 0.0248. The van der Waals surface area contributed by atoms with Crippen molar-refractivity contribution in [2.75, 3.05) is 25.9 Å². The van der Waals surface area contributed by atoms with Crippen LogP contribution in [0.15, 0.2) is 29.8 Å². The summed E-state index contributed by atoms with van der Waals surface area (Å²) >= 11 is 0. The molecule has 0 saturated carbocycles. The van der Waals surface area contributed by atoms with Gasteiger partial charge in [-0.3, -0.25) is 4.79 Å². The molecule has 0 aliphatic carbocycles. The Morgan fingerprint density at radius 3 is 2.83 bits per heavy atom. The predicted octanol–water partition coefficient (Wildman–Crippen LogP) is 2.07. The summed E-state index contributed by atoms with van der Waals surface area (Å²) in [6, 6.07) is 5.16. The number of amides is 1. The van der Waals surface area contributed by atoms with E-state index in [4.69, 9.17) is 10.5 Å². The summed E-state index contributed by atoms with van der Waals surface area (Å²) in [6.07, 6.45) is 3.09. The predicted molar refractivity (Wildman–Crippen MR) is 71.7 cm³/mol. The maximum absolute atomic E-state index is 12.3. The number of nitrogens with zero attached hydrogens (tertiary/aromatic N) is 1. The van der Waals surface area contributed by atoms with E-state index >= 15 is 0 Å². The summed E-state index contributed by atoms with van der Waals surface area (Å²) in [4.78, 5) is 14.1. The third-order valence-electron chi connectivity index (χ3n) is 3.10. The first-order valence-electron chi connectivity index (χ1n) is 6.00. The molecular formula is C14H18N2O2. The molecule has 2 rings (SSSR count). The average Bonchev–Trinajstić information content (AvgIpc) is 2.37. The van der Waals surface area contributed by atoms with E-state index in [2.05, 4.69) is 6.08 Å². The van der Waals surface area contributed by atoms with Crippen molar-refractivity contribution < 1.29 is 9.53 Å². The zero-order chi connectivity index (χ0) is 13.1. The van der Waals surface area contributed by atoms with Crippen molar-refractivity contribution in [3.63, 3.8) is 0 Å². The minimum Gasteiger partial charge on any atom is -0.495 e. The molecule has 0 bridgehead atoms. The second-order valence-electron chi connectivity index (χ2n) is 4.52. The Hall–Kier alpha value is -1.97. The summed E-state index contributed by atoms with van der Waals surface area (Å²) < 4.78 is 5.08. The molecule has 18 heavy (non-hydrogen) atoms. The van der Waals surface area contributed by atoms with Crippen LogP contribution >= 0.6 is 0 Å². The second-order valence-corrected chi connectivity index (χ2v) is 4.52. The highest BCUT2D eigenvalue weighted by molar-refractivity contribution is 5.95. The number of benzene rings is 1.